The topological polar surface area (TPSA) is 17.1 Å². The maximum atomic E-state index is 11.8. The van der Waals surface area contributed by atoms with Gasteiger partial charge in [0.2, 0.25) is 0 Å². The molecule has 0 saturated carbocycles. The highest BCUT2D eigenvalue weighted by molar-refractivity contribution is 5.85. The van der Waals surface area contributed by atoms with E-state index in [9.17, 15) is 4.79 Å². The predicted molar refractivity (Wildman–Crippen MR) is 64.4 cm³/mol. The van der Waals surface area contributed by atoms with Gasteiger partial charge in [0.15, 0.2) is 0 Å². The van der Waals surface area contributed by atoms with Gasteiger partial charge in [-0.2, -0.15) is 0 Å². The Morgan fingerprint density at radius 3 is 1.64 bits per heavy atom. The fourth-order valence-corrected chi connectivity index (χ4v) is 1.75. The Morgan fingerprint density at radius 1 is 1.07 bits per heavy atom. The average molecular weight is 200 g/mol. The molecule has 1 atom stereocenters. The van der Waals surface area contributed by atoms with Crippen molar-refractivity contribution in [3.63, 3.8) is 0 Å². The smallest absolute Gasteiger partial charge is 0.141 e. The first-order valence-electron chi connectivity index (χ1n) is 5.08. The van der Waals surface area contributed by atoms with E-state index in [2.05, 4.69) is 20.8 Å². The molecular formula is C13H28O. The number of carbonyl (C=O) groups is 1. The lowest BCUT2D eigenvalue weighted by atomic mass is 9.77. The molecule has 86 valence electrons. The van der Waals surface area contributed by atoms with Crippen LogP contribution in [0.3, 0.4) is 0 Å². The van der Waals surface area contributed by atoms with Crippen LogP contribution in [-0.4, -0.2) is 5.78 Å². The number of hydrogen-bond acceptors (Lipinski definition) is 1. The Balaban J connectivity index is 0. The van der Waals surface area contributed by atoms with Gasteiger partial charge in [0.05, 0.1) is 0 Å². The molecule has 1 unspecified atom stereocenters. The minimum Gasteiger partial charge on any atom is -0.299 e. The second-order valence-electron chi connectivity index (χ2n) is 6.28. The quantitative estimate of drug-likeness (QED) is 0.649. The normalized spacial score (nSPS) is 14.5. The summed E-state index contributed by atoms with van der Waals surface area (Å²) in [5, 5.41) is 0. The highest BCUT2D eigenvalue weighted by atomic mass is 16.1. The third-order valence-corrected chi connectivity index (χ3v) is 2.11. The van der Waals surface area contributed by atoms with Crippen molar-refractivity contribution in [1.82, 2.24) is 0 Å². The summed E-state index contributed by atoms with van der Waals surface area (Å²) in [7, 11) is 0. The highest BCUT2D eigenvalue weighted by Gasteiger charge is 2.29. The molecule has 0 rings (SSSR count). The molecule has 1 heteroatoms. The van der Waals surface area contributed by atoms with Crippen LogP contribution in [0.4, 0.5) is 0 Å². The van der Waals surface area contributed by atoms with Crippen molar-refractivity contribution >= 4 is 5.78 Å². The zero-order valence-corrected chi connectivity index (χ0v) is 10.2. The molecule has 0 heterocycles. The second kappa shape index (κ2) is 4.95. The molecule has 0 N–H and O–H groups in total. The van der Waals surface area contributed by atoms with Crippen LogP contribution in [-0.2, 0) is 4.79 Å². The van der Waals surface area contributed by atoms with Gasteiger partial charge in [-0.3, -0.25) is 4.79 Å². The third kappa shape index (κ3) is 6.17. The van der Waals surface area contributed by atoms with E-state index in [0.29, 0.717) is 5.78 Å². The lowest BCUT2D eigenvalue weighted by molar-refractivity contribution is -0.130. The van der Waals surface area contributed by atoms with Crippen LogP contribution in [0.1, 0.15) is 62.3 Å². The Hall–Kier alpha value is -0.330. The van der Waals surface area contributed by atoms with Gasteiger partial charge in [0.25, 0.3) is 0 Å². The Labute approximate surface area is 90.3 Å². The van der Waals surface area contributed by atoms with Gasteiger partial charge in [-0.05, 0) is 11.8 Å². The largest absolute Gasteiger partial charge is 0.299 e. The lowest BCUT2D eigenvalue weighted by Gasteiger charge is -2.27. The van der Waals surface area contributed by atoms with Crippen molar-refractivity contribution in [2.24, 2.45) is 16.7 Å². The summed E-state index contributed by atoms with van der Waals surface area (Å²) in [6, 6.07) is 0. The van der Waals surface area contributed by atoms with Crippen molar-refractivity contribution in [3.8, 4) is 0 Å². The first-order chi connectivity index (χ1) is 5.54. The Kier molecular flexibility index (Phi) is 5.70. The average Bonchev–Trinajstić information content (AvgIpc) is 1.79. The Bertz CT molecular complexity index is 178. The van der Waals surface area contributed by atoms with Crippen LogP contribution in [0.25, 0.3) is 0 Å². The molecule has 0 aliphatic carbocycles. The minimum atomic E-state index is -0.190. The van der Waals surface area contributed by atoms with E-state index in [4.69, 9.17) is 0 Å². The van der Waals surface area contributed by atoms with Crippen molar-refractivity contribution in [3.05, 3.63) is 0 Å². The van der Waals surface area contributed by atoms with Crippen molar-refractivity contribution in [2.45, 2.75) is 62.3 Å². The molecule has 0 aromatic heterocycles. The number of carbonyl (C=O) groups excluding carboxylic acids is 1. The molecule has 0 amide bonds. The van der Waals surface area contributed by atoms with E-state index in [-0.39, 0.29) is 24.2 Å². The molecule has 0 aliphatic rings. The summed E-state index contributed by atoms with van der Waals surface area (Å²) in [5.41, 5.74) is 0.0605. The number of Topliss-reactive ketones (excluding diaryl/α,β-unsaturated/α-hetero) is 1. The number of hydrogen-bond donors (Lipinski definition) is 0. The van der Waals surface area contributed by atoms with Crippen LogP contribution in [0.5, 0.6) is 0 Å². The van der Waals surface area contributed by atoms with Gasteiger partial charge in [-0.1, -0.05) is 55.9 Å². The van der Waals surface area contributed by atoms with Crippen LogP contribution < -0.4 is 0 Å². The molecule has 0 aliphatic heterocycles. The molecule has 0 bridgehead atoms. The van der Waals surface area contributed by atoms with E-state index in [0.717, 1.165) is 6.42 Å². The van der Waals surface area contributed by atoms with E-state index in [1.807, 2.05) is 27.7 Å². The molecule has 0 aromatic rings. The summed E-state index contributed by atoms with van der Waals surface area (Å²) < 4.78 is 0. The maximum Gasteiger partial charge on any atom is 0.141 e. The summed E-state index contributed by atoms with van der Waals surface area (Å²) in [5.74, 6) is 0.558. The van der Waals surface area contributed by atoms with Crippen LogP contribution in [0.2, 0.25) is 0 Å². The molecule has 0 spiro atoms. The van der Waals surface area contributed by atoms with Crippen LogP contribution in [0, 0.1) is 16.7 Å². The highest BCUT2D eigenvalue weighted by Crippen LogP contribution is 2.29. The Morgan fingerprint density at radius 2 is 1.43 bits per heavy atom. The molecule has 0 aromatic carbocycles. The van der Waals surface area contributed by atoms with Crippen LogP contribution in [0.15, 0.2) is 0 Å². The van der Waals surface area contributed by atoms with Gasteiger partial charge in [0, 0.05) is 11.3 Å². The molecule has 1 nitrogen and oxygen atoms in total. The SMILES string of the molecule is C.CC(CC(C)(C)C)C(=O)C(C)(C)C. The zero-order chi connectivity index (χ0) is 10.9. The first kappa shape index (κ1) is 16.1. The summed E-state index contributed by atoms with van der Waals surface area (Å²) in [6.07, 6.45) is 0.975. The maximum absolute atomic E-state index is 11.8. The second-order valence-corrected chi connectivity index (χ2v) is 6.28. The predicted octanol–water partition coefficient (Wildman–Crippen LogP) is 4.31. The monoisotopic (exact) mass is 200 g/mol. The van der Waals surface area contributed by atoms with Gasteiger partial charge in [0.1, 0.15) is 5.78 Å². The van der Waals surface area contributed by atoms with Gasteiger partial charge >= 0.3 is 0 Å². The molecule has 14 heavy (non-hydrogen) atoms. The minimum absolute atomic E-state index is 0. The third-order valence-electron chi connectivity index (χ3n) is 2.11. The summed E-state index contributed by atoms with van der Waals surface area (Å²) in [4.78, 5) is 11.8. The summed E-state index contributed by atoms with van der Waals surface area (Å²) >= 11 is 0. The van der Waals surface area contributed by atoms with Crippen molar-refractivity contribution in [2.75, 3.05) is 0 Å². The zero-order valence-electron chi connectivity index (χ0n) is 10.2. The van der Waals surface area contributed by atoms with E-state index < -0.39 is 0 Å². The number of rotatable bonds is 2. The molecule has 0 fully saturated rings. The standard InChI is InChI=1S/C12H24O.CH4/c1-9(8-11(2,3)4)10(13)12(5,6)7;/h9H,8H2,1-7H3;1H4. The summed E-state index contributed by atoms with van der Waals surface area (Å²) in [6.45, 7) is 14.6. The van der Waals surface area contributed by atoms with E-state index in [1.54, 1.807) is 0 Å². The first-order valence-corrected chi connectivity index (χ1v) is 5.08. The fraction of sp³-hybridized carbons (Fsp3) is 0.923. The van der Waals surface area contributed by atoms with Gasteiger partial charge in [-0.15, -0.1) is 0 Å². The van der Waals surface area contributed by atoms with Crippen LogP contribution >= 0.6 is 0 Å². The van der Waals surface area contributed by atoms with Gasteiger partial charge < -0.3 is 0 Å². The number of ketones is 1. The van der Waals surface area contributed by atoms with Gasteiger partial charge in [-0.25, -0.2) is 0 Å². The molecule has 0 saturated heterocycles. The van der Waals surface area contributed by atoms with Crippen molar-refractivity contribution in [1.29, 1.82) is 0 Å². The molecule has 0 radical (unpaired) electrons. The molecular weight excluding hydrogens is 172 g/mol. The van der Waals surface area contributed by atoms with E-state index >= 15 is 0 Å². The van der Waals surface area contributed by atoms with E-state index in [1.165, 1.54) is 0 Å². The van der Waals surface area contributed by atoms with Crippen molar-refractivity contribution < 1.29 is 4.79 Å². The lowest BCUT2D eigenvalue weighted by Crippen LogP contribution is -2.29. The fourth-order valence-electron chi connectivity index (χ4n) is 1.75.